The third-order valence-corrected chi connectivity index (χ3v) is 5.06. The van der Waals surface area contributed by atoms with Crippen LogP contribution < -0.4 is 0 Å². The minimum Gasteiger partial charge on any atom is -0.466 e. The molecule has 0 heterocycles. The molecular weight excluding hydrogens is 324 g/mol. The minimum absolute atomic E-state index is 0.212. The van der Waals surface area contributed by atoms with E-state index in [1.54, 1.807) is 6.92 Å². The number of aliphatic hydroxyl groups is 2. The van der Waals surface area contributed by atoms with Gasteiger partial charge in [-0.1, -0.05) is 42.5 Å². The normalized spacial score (nSPS) is 13.6. The van der Waals surface area contributed by atoms with Crippen molar-refractivity contribution in [2.24, 2.45) is 5.92 Å². The lowest BCUT2D eigenvalue weighted by molar-refractivity contribution is -0.147. The van der Waals surface area contributed by atoms with Gasteiger partial charge in [0.05, 0.1) is 25.2 Å². The molecule has 0 amide bonds. The van der Waals surface area contributed by atoms with Gasteiger partial charge in [-0.3, -0.25) is 4.79 Å². The molecule has 4 nitrogen and oxygen atoms in total. The summed E-state index contributed by atoms with van der Waals surface area (Å²) in [4.78, 5) is 12.3. The Morgan fingerprint density at radius 1 is 1.17 bits per heavy atom. The van der Waals surface area contributed by atoms with E-state index in [4.69, 9.17) is 9.84 Å². The fourth-order valence-electron chi connectivity index (χ4n) is 2.61. The molecule has 0 aliphatic carbocycles. The molecule has 0 aliphatic heterocycles. The molecule has 24 heavy (non-hydrogen) atoms. The zero-order valence-corrected chi connectivity index (χ0v) is 14.7. The summed E-state index contributed by atoms with van der Waals surface area (Å²) in [5.74, 6) is 0.476. The molecule has 2 rings (SSSR count). The summed E-state index contributed by atoms with van der Waals surface area (Å²) in [6.07, 6.45) is -0.155. The quantitative estimate of drug-likeness (QED) is 0.682. The third kappa shape index (κ3) is 5.23. The van der Waals surface area contributed by atoms with Crippen molar-refractivity contribution in [3.8, 4) is 0 Å². The maximum absolute atomic E-state index is 12.3. The maximum Gasteiger partial charge on any atom is 0.310 e. The van der Waals surface area contributed by atoms with Crippen LogP contribution in [-0.2, 0) is 16.0 Å². The van der Waals surface area contributed by atoms with Crippen molar-refractivity contribution in [1.82, 2.24) is 0 Å². The van der Waals surface area contributed by atoms with E-state index >= 15 is 0 Å². The standard InChI is InChI=1S/C19H24O4S/c1-2-23-19(22)16(12-24-13-17(21)11-20)10-15-8-5-7-14-6-3-4-9-18(14)15/h3-9,16-17,20-21H,2,10-13H2,1H3. The van der Waals surface area contributed by atoms with Crippen molar-refractivity contribution >= 4 is 28.5 Å². The Kier molecular flexibility index (Phi) is 7.56. The van der Waals surface area contributed by atoms with E-state index in [9.17, 15) is 9.90 Å². The average Bonchev–Trinajstić information content (AvgIpc) is 2.61. The Balaban J connectivity index is 2.12. The summed E-state index contributed by atoms with van der Waals surface area (Å²) in [7, 11) is 0. The molecule has 2 atom stereocenters. The lowest BCUT2D eigenvalue weighted by Gasteiger charge is -2.17. The molecular formula is C19H24O4S. The number of ether oxygens (including phenoxy) is 1. The summed E-state index contributed by atoms with van der Waals surface area (Å²) >= 11 is 1.46. The number of fused-ring (bicyclic) bond motifs is 1. The van der Waals surface area contributed by atoms with Crippen LogP contribution in [0.25, 0.3) is 10.8 Å². The van der Waals surface area contributed by atoms with Gasteiger partial charge in [0.1, 0.15) is 0 Å². The van der Waals surface area contributed by atoms with Crippen LogP contribution in [0.2, 0.25) is 0 Å². The third-order valence-electron chi connectivity index (χ3n) is 3.81. The van der Waals surface area contributed by atoms with Crippen LogP contribution in [-0.4, -0.2) is 47.0 Å². The van der Waals surface area contributed by atoms with Crippen molar-refractivity contribution in [2.75, 3.05) is 24.7 Å². The van der Waals surface area contributed by atoms with Crippen molar-refractivity contribution < 1.29 is 19.7 Å². The Labute approximate surface area is 146 Å². The predicted molar refractivity (Wildman–Crippen MR) is 98.2 cm³/mol. The highest BCUT2D eigenvalue weighted by molar-refractivity contribution is 7.99. The number of carbonyl (C=O) groups excluding carboxylic acids is 1. The first-order valence-corrected chi connectivity index (χ1v) is 9.31. The van der Waals surface area contributed by atoms with Gasteiger partial charge in [0.15, 0.2) is 0 Å². The molecule has 0 spiro atoms. The Morgan fingerprint density at radius 2 is 1.92 bits per heavy atom. The number of aliphatic hydroxyl groups excluding tert-OH is 2. The number of thioether (sulfide) groups is 1. The van der Waals surface area contributed by atoms with Gasteiger partial charge in [0.25, 0.3) is 0 Å². The first-order chi connectivity index (χ1) is 11.7. The topological polar surface area (TPSA) is 66.8 Å². The fraction of sp³-hybridized carbons (Fsp3) is 0.421. The van der Waals surface area contributed by atoms with Crippen molar-refractivity contribution in [3.05, 3.63) is 48.0 Å². The van der Waals surface area contributed by atoms with E-state index < -0.39 is 6.10 Å². The molecule has 0 saturated carbocycles. The lowest BCUT2D eigenvalue weighted by Crippen LogP contribution is -2.24. The number of hydrogen-bond acceptors (Lipinski definition) is 5. The second-order valence-electron chi connectivity index (χ2n) is 5.67. The molecule has 2 aromatic rings. The molecule has 130 valence electrons. The lowest BCUT2D eigenvalue weighted by atomic mass is 9.96. The molecule has 0 aromatic heterocycles. The van der Waals surface area contributed by atoms with Gasteiger partial charge in [0.2, 0.25) is 0 Å². The monoisotopic (exact) mass is 348 g/mol. The molecule has 0 aliphatic rings. The van der Waals surface area contributed by atoms with E-state index in [2.05, 4.69) is 18.2 Å². The van der Waals surface area contributed by atoms with Gasteiger partial charge in [-0.05, 0) is 29.7 Å². The first kappa shape index (κ1) is 18.8. The van der Waals surface area contributed by atoms with Crippen LogP contribution in [0, 0.1) is 5.92 Å². The molecule has 0 saturated heterocycles. The molecule has 2 N–H and O–H groups in total. The zero-order chi connectivity index (χ0) is 17.4. The van der Waals surface area contributed by atoms with Crippen molar-refractivity contribution in [2.45, 2.75) is 19.4 Å². The SMILES string of the molecule is CCOC(=O)C(CSCC(O)CO)Cc1cccc2ccccc12. The van der Waals surface area contributed by atoms with Gasteiger partial charge in [-0.25, -0.2) is 0 Å². The van der Waals surface area contributed by atoms with Gasteiger partial charge < -0.3 is 14.9 Å². The summed E-state index contributed by atoms with van der Waals surface area (Å²) in [5.41, 5.74) is 1.12. The van der Waals surface area contributed by atoms with E-state index in [0.717, 1.165) is 16.3 Å². The first-order valence-electron chi connectivity index (χ1n) is 8.15. The van der Waals surface area contributed by atoms with Crippen LogP contribution in [0.4, 0.5) is 0 Å². The Bertz CT molecular complexity index is 653. The fourth-order valence-corrected chi connectivity index (χ4v) is 3.66. The largest absolute Gasteiger partial charge is 0.466 e. The van der Waals surface area contributed by atoms with Gasteiger partial charge in [-0.15, -0.1) is 0 Å². The van der Waals surface area contributed by atoms with Gasteiger partial charge in [0, 0.05) is 11.5 Å². The summed E-state index contributed by atoms with van der Waals surface area (Å²) < 4.78 is 5.21. The second kappa shape index (κ2) is 9.67. The van der Waals surface area contributed by atoms with Crippen molar-refractivity contribution in [3.63, 3.8) is 0 Å². The van der Waals surface area contributed by atoms with Crippen LogP contribution in [0.1, 0.15) is 12.5 Å². The van der Waals surface area contributed by atoms with E-state index in [0.29, 0.717) is 24.5 Å². The maximum atomic E-state index is 12.3. The molecule has 5 heteroatoms. The molecule has 0 fully saturated rings. The summed E-state index contributed by atoms with van der Waals surface area (Å²) in [6.45, 7) is 1.89. The molecule has 2 unspecified atom stereocenters. The number of esters is 1. The van der Waals surface area contributed by atoms with Crippen molar-refractivity contribution in [1.29, 1.82) is 0 Å². The minimum atomic E-state index is -0.754. The smallest absolute Gasteiger partial charge is 0.310 e. The van der Waals surface area contributed by atoms with E-state index in [1.807, 2.05) is 24.3 Å². The number of rotatable bonds is 9. The second-order valence-corrected chi connectivity index (χ2v) is 6.74. The molecule has 0 bridgehead atoms. The Morgan fingerprint density at radius 3 is 2.67 bits per heavy atom. The van der Waals surface area contributed by atoms with Crippen LogP contribution in [0.5, 0.6) is 0 Å². The average molecular weight is 348 g/mol. The van der Waals surface area contributed by atoms with Gasteiger partial charge in [-0.2, -0.15) is 11.8 Å². The predicted octanol–water partition coefficient (Wildman–Crippen LogP) is 2.65. The number of carbonyl (C=O) groups is 1. The number of benzene rings is 2. The highest BCUT2D eigenvalue weighted by atomic mass is 32.2. The molecule has 2 aromatic carbocycles. The van der Waals surface area contributed by atoms with E-state index in [-0.39, 0.29) is 18.5 Å². The van der Waals surface area contributed by atoms with Crippen LogP contribution in [0.15, 0.2) is 42.5 Å². The summed E-state index contributed by atoms with van der Waals surface area (Å²) in [6, 6.07) is 14.2. The number of hydrogen-bond donors (Lipinski definition) is 2. The Hall–Kier alpha value is -1.56. The van der Waals surface area contributed by atoms with E-state index in [1.165, 1.54) is 11.8 Å². The summed E-state index contributed by atoms with van der Waals surface area (Å²) in [5, 5.41) is 20.7. The molecule has 0 radical (unpaired) electrons. The van der Waals surface area contributed by atoms with Crippen LogP contribution in [0.3, 0.4) is 0 Å². The van der Waals surface area contributed by atoms with Crippen LogP contribution >= 0.6 is 11.8 Å². The van der Waals surface area contributed by atoms with Gasteiger partial charge >= 0.3 is 5.97 Å². The zero-order valence-electron chi connectivity index (χ0n) is 13.9. The highest BCUT2D eigenvalue weighted by Gasteiger charge is 2.21. The highest BCUT2D eigenvalue weighted by Crippen LogP contribution is 2.24.